The van der Waals surface area contributed by atoms with E-state index in [1.807, 2.05) is 0 Å². The van der Waals surface area contributed by atoms with Gasteiger partial charge >= 0.3 is 33.2 Å². The summed E-state index contributed by atoms with van der Waals surface area (Å²) in [5.74, 6) is -8.97. The molecule has 4 aliphatic heterocycles. The molecule has 2 N–H and O–H groups in total. The van der Waals surface area contributed by atoms with Crippen LogP contribution in [0.3, 0.4) is 0 Å². The van der Waals surface area contributed by atoms with Crippen LogP contribution in [0.25, 0.3) is 0 Å². The zero-order valence-electron chi connectivity index (χ0n) is 12.8. The van der Waals surface area contributed by atoms with E-state index in [1.54, 1.807) is 0 Å². The van der Waals surface area contributed by atoms with E-state index in [2.05, 4.69) is 4.98 Å². The van der Waals surface area contributed by atoms with Gasteiger partial charge in [-0.25, -0.2) is 27.5 Å². The number of ether oxygens (including phenoxy) is 1. The summed E-state index contributed by atoms with van der Waals surface area (Å²) in [4.78, 5) is 27.7. The number of aliphatic hydroxyl groups excluding tert-OH is 1. The van der Waals surface area contributed by atoms with E-state index in [9.17, 15) is 28.9 Å². The number of esters is 1. The largest absolute Gasteiger partial charge is 0.613 e. The number of carbonyl (C=O) groups is 1. The lowest BCUT2D eigenvalue weighted by atomic mass is 10.2. The number of hydrogen-bond acceptors (Lipinski definition) is 15. The Balaban J connectivity index is 1.91. The molecule has 4 unspecified atom stereocenters. The van der Waals surface area contributed by atoms with Gasteiger partial charge in [-0.2, -0.15) is 4.98 Å². The van der Waals surface area contributed by atoms with E-state index < -0.39 is 63.1 Å². The average Bonchev–Trinajstić information content (AvgIpc) is 2.89. The fraction of sp³-hybridized carbons (Fsp3) is 0.444. The summed E-state index contributed by atoms with van der Waals surface area (Å²) >= 11 is 0. The number of aromatic nitrogens is 2. The number of phosphoric ester groups is 2. The molecule has 0 spiro atoms. The van der Waals surface area contributed by atoms with E-state index in [4.69, 9.17) is 32.1 Å². The van der Waals surface area contributed by atoms with Gasteiger partial charge in [-0.1, -0.05) is 5.23 Å². The molecule has 18 heteroatoms. The Morgan fingerprint density at radius 3 is 2.63 bits per heavy atom. The summed E-state index contributed by atoms with van der Waals surface area (Å²) < 4.78 is 59.5. The van der Waals surface area contributed by atoms with Crippen molar-refractivity contribution in [3.05, 3.63) is 10.5 Å². The van der Waals surface area contributed by atoms with Crippen LogP contribution in [0.15, 0.2) is 4.79 Å². The van der Waals surface area contributed by atoms with Crippen molar-refractivity contribution >= 4 is 27.4 Å². The fourth-order valence-corrected chi connectivity index (χ4v) is 5.46. The van der Waals surface area contributed by atoms with Crippen molar-refractivity contribution in [2.24, 2.45) is 0 Å². The Bertz CT molecular complexity index is 1070. The predicted molar refractivity (Wildman–Crippen MR) is 73.6 cm³/mol. The van der Waals surface area contributed by atoms with Crippen molar-refractivity contribution in [2.45, 2.75) is 18.6 Å². The van der Waals surface area contributed by atoms with Gasteiger partial charge in [0.15, 0.2) is 0 Å². The molecule has 16 nitrogen and oxygen atoms in total. The van der Waals surface area contributed by atoms with E-state index in [1.165, 1.54) is 0 Å². The van der Waals surface area contributed by atoms with Crippen molar-refractivity contribution < 1.29 is 56.2 Å². The number of phosphoric acid groups is 2. The van der Waals surface area contributed by atoms with Gasteiger partial charge in [0, 0.05) is 6.92 Å². The van der Waals surface area contributed by atoms with Crippen molar-refractivity contribution in [3.63, 3.8) is 0 Å². The summed E-state index contributed by atoms with van der Waals surface area (Å²) in [7, 11) is -9.28. The van der Waals surface area contributed by atoms with Gasteiger partial charge in [-0.15, -0.1) is 9.25 Å². The number of rotatable bonds is 2. The zero-order valence-corrected chi connectivity index (χ0v) is 14.6. The highest BCUT2D eigenvalue weighted by atomic mass is 31.2. The highest BCUT2D eigenvalue weighted by molar-refractivity contribution is 7.50. The summed E-state index contributed by atoms with van der Waals surface area (Å²) in [6.07, 6.45) is 0. The molecule has 0 saturated carbocycles. The predicted octanol–water partition coefficient (Wildman–Crippen LogP) is -1.17. The van der Waals surface area contributed by atoms with Gasteiger partial charge in [0.1, 0.15) is 6.61 Å². The first-order chi connectivity index (χ1) is 12.5. The van der Waals surface area contributed by atoms with E-state index in [-0.39, 0.29) is 9.79 Å². The molecule has 1 fully saturated rings. The normalized spacial score (nSPS) is 40.2. The standard InChI is InChI=1S/C9H7N3O13P2/c1-3(14)19-9-8(16,2-13)22-27(18,23-9)25-12-6-4-5(10-7(15)11(6)9)21-26(17,20-4)24-12/h13,16H,2H2,1H3. The third-order valence-corrected chi connectivity index (χ3v) is 6.20. The summed E-state index contributed by atoms with van der Waals surface area (Å²) in [6, 6.07) is 0. The number of anilines is 1. The lowest BCUT2D eigenvalue weighted by Crippen LogP contribution is -2.62. The second-order valence-electron chi connectivity index (χ2n) is 5.49. The van der Waals surface area contributed by atoms with Crippen LogP contribution in [0.5, 0.6) is 11.6 Å². The van der Waals surface area contributed by atoms with Crippen LogP contribution in [0.2, 0.25) is 0 Å². The molecule has 4 atom stereocenters. The van der Waals surface area contributed by atoms with Crippen LogP contribution in [0.4, 0.5) is 5.82 Å². The molecule has 1 aromatic heterocycles. The highest BCUT2D eigenvalue weighted by Crippen LogP contribution is 2.73. The maximum absolute atomic E-state index is 12.8. The van der Waals surface area contributed by atoms with Gasteiger partial charge in [-0.05, 0) is 0 Å². The highest BCUT2D eigenvalue weighted by Gasteiger charge is 2.76. The number of hydrogen-bond donors (Lipinski definition) is 2. The van der Waals surface area contributed by atoms with Crippen LogP contribution in [-0.2, 0) is 42.9 Å². The van der Waals surface area contributed by atoms with Crippen LogP contribution < -0.4 is 20.0 Å². The van der Waals surface area contributed by atoms with E-state index in [0.29, 0.717) is 0 Å². The van der Waals surface area contributed by atoms with Gasteiger partial charge in [0.05, 0.1) is 0 Å². The average molecular weight is 427 g/mol. The van der Waals surface area contributed by atoms with Crippen LogP contribution in [-0.4, -0.2) is 38.1 Å². The van der Waals surface area contributed by atoms with Crippen LogP contribution in [0, 0.1) is 0 Å². The fourth-order valence-electron chi connectivity index (χ4n) is 2.79. The number of nitrogens with zero attached hydrogens (tertiary/aromatic N) is 3. The first kappa shape index (κ1) is 17.1. The second kappa shape index (κ2) is 4.68. The monoisotopic (exact) mass is 427 g/mol. The first-order valence-electron chi connectivity index (χ1n) is 6.94. The number of carbonyl (C=O) groups excluding carboxylic acids is 1. The maximum Gasteiger partial charge on any atom is 0.613 e. The second-order valence-corrected chi connectivity index (χ2v) is 8.33. The van der Waals surface area contributed by atoms with Crippen molar-refractivity contribution in [1.29, 1.82) is 0 Å². The summed E-state index contributed by atoms with van der Waals surface area (Å²) in [6.45, 7) is -0.502. The first-order valence-corrected chi connectivity index (χ1v) is 9.86. The van der Waals surface area contributed by atoms with Gasteiger partial charge in [-0.3, -0.25) is 4.79 Å². The van der Waals surface area contributed by atoms with Crippen molar-refractivity contribution in [1.82, 2.24) is 9.55 Å². The topological polar surface area (TPSA) is 194 Å². The van der Waals surface area contributed by atoms with Gasteiger partial charge in [0.25, 0.3) is 11.7 Å². The molecule has 1 saturated heterocycles. The molecule has 0 amide bonds. The molecule has 5 heterocycles. The minimum absolute atomic E-state index is 0.183. The molecular weight excluding hydrogens is 420 g/mol. The Hall–Kier alpha value is -2.03. The van der Waals surface area contributed by atoms with E-state index >= 15 is 0 Å². The molecular formula is C9H7N3O13P2. The molecule has 4 aliphatic rings. The lowest BCUT2D eigenvalue weighted by molar-refractivity contribution is -0.353. The van der Waals surface area contributed by atoms with Gasteiger partial charge in [0.2, 0.25) is 11.6 Å². The Morgan fingerprint density at radius 2 is 1.96 bits per heavy atom. The lowest BCUT2D eigenvalue weighted by Gasteiger charge is -2.37. The third kappa shape index (κ3) is 1.95. The minimum Gasteiger partial charge on any atom is -0.408 e. The molecule has 27 heavy (non-hydrogen) atoms. The number of aliphatic hydroxyl groups is 2. The van der Waals surface area contributed by atoms with Crippen molar-refractivity contribution in [2.75, 3.05) is 11.8 Å². The SMILES string of the molecule is CC(=O)OC12OP(=O)(ON3OP4(=O)Oc5nc(=O)n1c3c5O4)OC2(O)CO. The summed E-state index contributed by atoms with van der Waals surface area (Å²) in [5.41, 5.74) is -1.34. The molecule has 5 rings (SSSR count). The Morgan fingerprint density at radius 1 is 1.26 bits per heavy atom. The maximum atomic E-state index is 12.8. The smallest absolute Gasteiger partial charge is 0.408 e. The molecule has 0 aromatic carbocycles. The molecule has 146 valence electrons. The van der Waals surface area contributed by atoms with Gasteiger partial charge < -0.3 is 24.0 Å². The molecule has 0 radical (unpaired) electrons. The van der Waals surface area contributed by atoms with Crippen LogP contribution >= 0.6 is 15.6 Å². The molecule has 0 aliphatic carbocycles. The van der Waals surface area contributed by atoms with Crippen molar-refractivity contribution in [3.8, 4) is 11.6 Å². The Labute approximate surface area is 146 Å². The van der Waals surface area contributed by atoms with Crippen LogP contribution in [0.1, 0.15) is 6.92 Å². The Kier molecular flexibility index (Phi) is 2.96. The minimum atomic E-state index is -4.92. The van der Waals surface area contributed by atoms with E-state index in [0.717, 1.165) is 6.92 Å². The summed E-state index contributed by atoms with van der Waals surface area (Å²) in [5, 5.41) is 20.4. The number of fused-ring (bicyclic) bond motifs is 4. The molecule has 1 aromatic rings. The zero-order chi connectivity index (χ0) is 19.4. The molecule has 4 bridgehead atoms. The quantitative estimate of drug-likeness (QED) is 0.423. The third-order valence-electron chi connectivity index (χ3n) is 3.70.